The summed E-state index contributed by atoms with van der Waals surface area (Å²) in [4.78, 5) is 4.35. The Balaban J connectivity index is 2.68. The Morgan fingerprint density at radius 1 is 0.966 bits per heavy atom. The van der Waals surface area contributed by atoms with E-state index in [1.165, 1.54) is 7.11 Å². The van der Waals surface area contributed by atoms with Crippen LogP contribution in [0, 0.1) is 0 Å². The monoisotopic (exact) mass is 408 g/mol. The zero-order chi connectivity index (χ0) is 21.3. The Morgan fingerprint density at radius 2 is 1.69 bits per heavy atom. The third kappa shape index (κ3) is 5.52. The van der Waals surface area contributed by atoms with Gasteiger partial charge in [0.2, 0.25) is 5.75 Å². The molecule has 2 rings (SSSR count). The molecule has 0 saturated heterocycles. The van der Waals surface area contributed by atoms with Crippen LogP contribution in [-0.4, -0.2) is 26.4 Å². The normalized spacial score (nSPS) is 13.1. The molecule has 0 amide bonds. The van der Waals surface area contributed by atoms with E-state index in [1.54, 1.807) is 50.2 Å². The number of hydrogen-bond donors (Lipinski definition) is 0. The van der Waals surface area contributed by atoms with Crippen LogP contribution in [0.4, 0.5) is 4.53 Å². The quantitative estimate of drug-likeness (QED) is 0.439. The van der Waals surface area contributed by atoms with Gasteiger partial charge >= 0.3 is 5.97 Å². The van der Waals surface area contributed by atoms with E-state index < -0.39 is 12.1 Å². The largest absolute Gasteiger partial charge is 0.493 e. The summed E-state index contributed by atoms with van der Waals surface area (Å²) in [5.41, 5.74) is 0.190. The third-order valence-electron chi connectivity index (χ3n) is 3.85. The molecule has 7 heteroatoms. The second kappa shape index (κ2) is 10.9. The van der Waals surface area contributed by atoms with E-state index in [-0.39, 0.29) is 11.3 Å². The Kier molecular flexibility index (Phi) is 8.54. The van der Waals surface area contributed by atoms with Gasteiger partial charge in [0.05, 0.1) is 26.4 Å². The Labute approximate surface area is 171 Å². The summed E-state index contributed by atoms with van der Waals surface area (Å²) in [7, 11) is 1.52. The number of ether oxygens (including phenoxy) is 5. The van der Waals surface area contributed by atoms with Crippen LogP contribution < -0.4 is 18.9 Å². The molecule has 0 saturated carbocycles. The van der Waals surface area contributed by atoms with E-state index in [2.05, 4.69) is 4.94 Å². The second-order valence-electron chi connectivity index (χ2n) is 6.47. The van der Waals surface area contributed by atoms with Gasteiger partial charge in [-0.1, -0.05) is 25.1 Å². The maximum Gasteiger partial charge on any atom is 0.392 e. The summed E-state index contributed by atoms with van der Waals surface area (Å²) in [5.74, 6) is -0.829. The van der Waals surface area contributed by atoms with Gasteiger partial charge in [-0.15, -0.1) is 4.94 Å². The molecule has 0 aromatic heterocycles. The lowest BCUT2D eigenvalue weighted by atomic mass is 10.1. The van der Waals surface area contributed by atoms with Crippen molar-refractivity contribution in [2.75, 3.05) is 20.3 Å². The molecule has 1 atom stereocenters. The van der Waals surface area contributed by atoms with Gasteiger partial charge in [0, 0.05) is 0 Å². The lowest BCUT2D eigenvalue weighted by Gasteiger charge is -2.33. The van der Waals surface area contributed by atoms with Crippen LogP contribution in [0.5, 0.6) is 23.0 Å². The highest BCUT2D eigenvalue weighted by molar-refractivity contribution is 5.57. The lowest BCUT2D eigenvalue weighted by Crippen LogP contribution is -2.40. The third-order valence-corrected chi connectivity index (χ3v) is 3.85. The molecular formula is C22H29FO6. The highest BCUT2D eigenvalue weighted by Gasteiger charge is 2.45. The van der Waals surface area contributed by atoms with Crippen molar-refractivity contribution < 1.29 is 33.2 Å². The number of halogens is 1. The topological polar surface area (TPSA) is 55.4 Å². The van der Waals surface area contributed by atoms with Gasteiger partial charge in [-0.3, -0.25) is 0 Å². The fraction of sp³-hybridized carbons (Fsp3) is 0.455. The van der Waals surface area contributed by atoms with Crippen molar-refractivity contribution in [3.8, 4) is 23.0 Å². The van der Waals surface area contributed by atoms with Crippen molar-refractivity contribution >= 4 is 0 Å². The van der Waals surface area contributed by atoms with E-state index in [0.29, 0.717) is 30.5 Å². The average molecular weight is 408 g/mol. The fourth-order valence-electron chi connectivity index (χ4n) is 2.75. The highest BCUT2D eigenvalue weighted by Crippen LogP contribution is 2.47. The van der Waals surface area contributed by atoms with Gasteiger partial charge < -0.3 is 23.7 Å². The number of methoxy groups -OCH3 is 1. The minimum absolute atomic E-state index is 0.190. The van der Waals surface area contributed by atoms with Crippen LogP contribution in [0.15, 0.2) is 42.5 Å². The van der Waals surface area contributed by atoms with Crippen LogP contribution in [0.25, 0.3) is 0 Å². The van der Waals surface area contributed by atoms with Crippen molar-refractivity contribution in [2.45, 2.75) is 46.2 Å². The smallest absolute Gasteiger partial charge is 0.392 e. The Hall–Kier alpha value is -2.51. The van der Waals surface area contributed by atoms with Gasteiger partial charge in [0.25, 0.3) is 0 Å². The van der Waals surface area contributed by atoms with Crippen LogP contribution in [0.2, 0.25) is 0 Å². The first-order valence-corrected chi connectivity index (χ1v) is 9.69. The fourth-order valence-corrected chi connectivity index (χ4v) is 2.75. The number of hydrogen-bond acceptors (Lipinski definition) is 6. The molecule has 2 aromatic rings. The van der Waals surface area contributed by atoms with Crippen molar-refractivity contribution in [1.82, 2.24) is 0 Å². The molecule has 1 unspecified atom stereocenters. The van der Waals surface area contributed by atoms with E-state index in [4.69, 9.17) is 23.7 Å². The standard InChI is InChI=1S/C22H29FO6/c1-6-15-26-20-18(13-14-19(24-5)21(20)25-7-2)22(29-23,27-16(3)4)28-17-11-9-8-10-12-17/h8-14,16H,6-7,15H2,1-5H3. The predicted molar refractivity (Wildman–Crippen MR) is 107 cm³/mol. The average Bonchev–Trinajstić information content (AvgIpc) is 2.72. The molecule has 0 N–H and O–H groups in total. The molecule has 0 aliphatic heterocycles. The molecule has 0 fully saturated rings. The SMILES string of the molecule is CCCOc1c(C(OF)(Oc2ccccc2)OC(C)C)ccc(OC)c1OCC. The molecule has 6 nitrogen and oxygen atoms in total. The molecule has 0 spiro atoms. The summed E-state index contributed by atoms with van der Waals surface area (Å²) in [6.07, 6.45) is 0.308. The highest BCUT2D eigenvalue weighted by atomic mass is 19.3. The first-order valence-electron chi connectivity index (χ1n) is 9.69. The van der Waals surface area contributed by atoms with Gasteiger partial charge in [0.1, 0.15) is 11.3 Å². The minimum Gasteiger partial charge on any atom is -0.493 e. The van der Waals surface area contributed by atoms with Gasteiger partial charge in [-0.05, 0) is 56.0 Å². The molecular weight excluding hydrogens is 379 g/mol. The van der Waals surface area contributed by atoms with Crippen molar-refractivity contribution in [1.29, 1.82) is 0 Å². The van der Waals surface area contributed by atoms with Gasteiger partial charge in [0.15, 0.2) is 11.5 Å². The molecule has 0 bridgehead atoms. The van der Waals surface area contributed by atoms with Crippen LogP contribution in [0.3, 0.4) is 0 Å². The van der Waals surface area contributed by atoms with Gasteiger partial charge in [-0.25, -0.2) is 0 Å². The summed E-state index contributed by atoms with van der Waals surface area (Å²) in [5, 5.41) is 0. The van der Waals surface area contributed by atoms with Crippen molar-refractivity contribution in [2.24, 2.45) is 0 Å². The molecule has 29 heavy (non-hydrogen) atoms. The van der Waals surface area contributed by atoms with Crippen LogP contribution in [0.1, 0.15) is 39.7 Å². The van der Waals surface area contributed by atoms with Gasteiger partial charge in [-0.2, -0.15) is 0 Å². The Morgan fingerprint density at radius 3 is 2.24 bits per heavy atom. The number of para-hydroxylation sites is 1. The van der Waals surface area contributed by atoms with Crippen LogP contribution in [-0.2, 0) is 15.7 Å². The Bertz CT molecular complexity index is 752. The first kappa shape index (κ1) is 22.8. The lowest BCUT2D eigenvalue weighted by molar-refractivity contribution is -0.444. The van der Waals surface area contributed by atoms with Crippen molar-refractivity contribution in [3.05, 3.63) is 48.0 Å². The van der Waals surface area contributed by atoms with E-state index in [1.807, 2.05) is 19.9 Å². The predicted octanol–water partition coefficient (Wildman–Crippen LogP) is 5.40. The zero-order valence-electron chi connectivity index (χ0n) is 17.6. The second-order valence-corrected chi connectivity index (χ2v) is 6.47. The number of benzene rings is 2. The van der Waals surface area contributed by atoms with E-state index >= 15 is 0 Å². The molecule has 0 radical (unpaired) electrons. The molecule has 0 aliphatic carbocycles. The van der Waals surface area contributed by atoms with E-state index in [0.717, 1.165) is 6.42 Å². The summed E-state index contributed by atoms with van der Waals surface area (Å²) in [6.45, 7) is 8.03. The van der Waals surface area contributed by atoms with Crippen LogP contribution >= 0.6 is 0 Å². The molecule has 160 valence electrons. The molecule has 0 aliphatic rings. The minimum atomic E-state index is -2.20. The molecule has 0 heterocycles. The summed E-state index contributed by atoms with van der Waals surface area (Å²) in [6, 6.07) is 11.9. The van der Waals surface area contributed by atoms with E-state index in [9.17, 15) is 4.53 Å². The summed E-state index contributed by atoms with van der Waals surface area (Å²) < 4.78 is 42.9. The first-order chi connectivity index (χ1) is 14.0. The maximum absolute atomic E-state index is 14.2. The zero-order valence-corrected chi connectivity index (χ0v) is 17.6. The summed E-state index contributed by atoms with van der Waals surface area (Å²) >= 11 is 0. The molecule has 2 aromatic carbocycles. The number of rotatable bonds is 12. The maximum atomic E-state index is 14.2. The van der Waals surface area contributed by atoms with Crippen molar-refractivity contribution in [3.63, 3.8) is 0 Å².